The first kappa shape index (κ1) is 24.2. The summed E-state index contributed by atoms with van der Waals surface area (Å²) in [5.74, 6) is -7.27. The highest BCUT2D eigenvalue weighted by Gasteiger charge is 2.57. The third-order valence-corrected chi connectivity index (χ3v) is 5.43. The molecule has 2 aromatic rings. The highest BCUT2D eigenvalue weighted by atomic mass is 19.4. The molecule has 0 saturated heterocycles. The number of alkyl halides is 5. The summed E-state index contributed by atoms with van der Waals surface area (Å²) in [7, 11) is 0. The van der Waals surface area contributed by atoms with E-state index in [2.05, 4.69) is 17.2 Å². The smallest absolute Gasteiger partial charge is 0.357 e. The molecule has 5 nitrogen and oxygen atoms in total. The van der Waals surface area contributed by atoms with Crippen LogP contribution in [0.25, 0.3) is 11.1 Å². The molecule has 176 valence electrons. The van der Waals surface area contributed by atoms with Crippen molar-refractivity contribution in [1.82, 2.24) is 10.6 Å². The quantitative estimate of drug-likeness (QED) is 0.438. The SMILES string of the molecule is C=C1Nc2ccccc2-c2ccccc2[C@@H]1NC(=O)C(C)(C)C(=O)NCC(F)(F)C(F)(F)F. The topological polar surface area (TPSA) is 70.2 Å². The van der Waals surface area contributed by atoms with Gasteiger partial charge < -0.3 is 16.0 Å². The normalized spacial score (nSPS) is 16.1. The van der Waals surface area contributed by atoms with Crippen LogP contribution in [0.1, 0.15) is 25.5 Å². The Hall–Kier alpha value is -3.43. The molecule has 0 saturated carbocycles. The lowest BCUT2D eigenvalue weighted by Crippen LogP contribution is -2.53. The lowest BCUT2D eigenvalue weighted by Gasteiger charge is -2.29. The lowest BCUT2D eigenvalue weighted by atomic mass is 9.89. The standard InChI is InChI=1S/C23H22F5N3O2/c1-13-18(16-10-5-4-8-14(16)15-9-6-7-11-17(15)30-13)31-20(33)21(2,3)19(32)29-12-22(24,25)23(26,27)28/h4-11,18,30H,1,12H2,2-3H3,(H,29,32)(H,31,33)/t18-/m1/s1. The second-order valence-corrected chi connectivity index (χ2v) is 8.20. The number of benzene rings is 2. The minimum Gasteiger partial charge on any atom is -0.357 e. The van der Waals surface area contributed by atoms with Crippen molar-refractivity contribution in [3.05, 3.63) is 66.4 Å². The van der Waals surface area contributed by atoms with Crippen LogP contribution in [0.15, 0.2) is 60.8 Å². The lowest BCUT2D eigenvalue weighted by molar-refractivity contribution is -0.278. The van der Waals surface area contributed by atoms with E-state index in [-0.39, 0.29) is 0 Å². The number of hydrogen-bond acceptors (Lipinski definition) is 3. The Kier molecular flexibility index (Phi) is 6.23. The van der Waals surface area contributed by atoms with Gasteiger partial charge in [-0.05, 0) is 31.0 Å². The molecular formula is C23H22F5N3O2. The van der Waals surface area contributed by atoms with Crippen molar-refractivity contribution < 1.29 is 31.5 Å². The molecule has 0 bridgehead atoms. The van der Waals surface area contributed by atoms with Crippen LogP contribution in [0.3, 0.4) is 0 Å². The summed E-state index contributed by atoms with van der Waals surface area (Å²) in [5, 5.41) is 7.35. The number of amides is 2. The number of anilines is 1. The Labute approximate surface area is 187 Å². The minimum absolute atomic E-state index is 0.389. The first-order chi connectivity index (χ1) is 15.3. The Morgan fingerprint density at radius 1 is 0.939 bits per heavy atom. The number of rotatable bonds is 5. The number of carbonyl (C=O) groups is 2. The fourth-order valence-electron chi connectivity index (χ4n) is 3.35. The summed E-state index contributed by atoms with van der Waals surface area (Å²) in [6, 6.07) is 13.8. The van der Waals surface area contributed by atoms with Crippen LogP contribution in [0, 0.1) is 5.41 Å². The van der Waals surface area contributed by atoms with Crippen LogP contribution in [0.4, 0.5) is 27.6 Å². The molecule has 10 heteroatoms. The highest BCUT2D eigenvalue weighted by molar-refractivity contribution is 6.04. The molecule has 33 heavy (non-hydrogen) atoms. The molecule has 0 spiro atoms. The third kappa shape index (κ3) is 4.69. The van der Waals surface area contributed by atoms with Gasteiger partial charge in [-0.2, -0.15) is 22.0 Å². The molecule has 1 heterocycles. The largest absolute Gasteiger partial charge is 0.455 e. The van der Waals surface area contributed by atoms with Crippen LogP contribution in [-0.2, 0) is 9.59 Å². The molecule has 2 amide bonds. The Morgan fingerprint density at radius 2 is 1.52 bits per heavy atom. The van der Waals surface area contributed by atoms with E-state index in [0.29, 0.717) is 11.3 Å². The monoisotopic (exact) mass is 467 g/mol. The maximum atomic E-state index is 13.2. The maximum absolute atomic E-state index is 13.2. The van der Waals surface area contributed by atoms with E-state index in [1.165, 1.54) is 5.32 Å². The first-order valence-electron chi connectivity index (χ1n) is 9.93. The number of para-hydroxylation sites is 1. The molecule has 0 aromatic heterocycles. The summed E-state index contributed by atoms with van der Waals surface area (Å²) in [4.78, 5) is 25.4. The average Bonchev–Trinajstić information content (AvgIpc) is 2.86. The van der Waals surface area contributed by atoms with E-state index >= 15 is 0 Å². The van der Waals surface area contributed by atoms with Crippen molar-refractivity contribution in [2.45, 2.75) is 32.0 Å². The number of fused-ring (bicyclic) bond motifs is 3. The first-order valence-corrected chi connectivity index (χ1v) is 9.93. The van der Waals surface area contributed by atoms with Gasteiger partial charge >= 0.3 is 12.1 Å². The van der Waals surface area contributed by atoms with Crippen molar-refractivity contribution in [3.63, 3.8) is 0 Å². The van der Waals surface area contributed by atoms with Gasteiger partial charge in [0.1, 0.15) is 5.41 Å². The van der Waals surface area contributed by atoms with Gasteiger partial charge in [0.25, 0.3) is 0 Å². The van der Waals surface area contributed by atoms with Crippen molar-refractivity contribution in [3.8, 4) is 11.1 Å². The summed E-state index contributed by atoms with van der Waals surface area (Å²) in [6.45, 7) is 4.28. The predicted octanol–water partition coefficient (Wildman–Crippen LogP) is 4.79. The second kappa shape index (κ2) is 8.49. The Morgan fingerprint density at radius 3 is 2.15 bits per heavy atom. The zero-order chi connectivity index (χ0) is 24.6. The Balaban J connectivity index is 1.83. The summed E-state index contributed by atoms with van der Waals surface area (Å²) in [5.41, 5.74) is 1.52. The van der Waals surface area contributed by atoms with Crippen LogP contribution in [-0.4, -0.2) is 30.5 Å². The zero-order valence-electron chi connectivity index (χ0n) is 17.8. The van der Waals surface area contributed by atoms with Crippen LogP contribution >= 0.6 is 0 Å². The fraction of sp³-hybridized carbons (Fsp3) is 0.304. The molecule has 0 radical (unpaired) electrons. The van der Waals surface area contributed by atoms with E-state index in [1.54, 1.807) is 12.1 Å². The highest BCUT2D eigenvalue weighted by Crippen LogP contribution is 2.40. The van der Waals surface area contributed by atoms with Gasteiger partial charge in [0, 0.05) is 16.9 Å². The molecule has 0 aliphatic carbocycles. The van der Waals surface area contributed by atoms with Gasteiger partial charge in [0.15, 0.2) is 0 Å². The van der Waals surface area contributed by atoms with E-state index in [1.807, 2.05) is 36.4 Å². The van der Waals surface area contributed by atoms with Crippen LogP contribution in [0.5, 0.6) is 0 Å². The van der Waals surface area contributed by atoms with Gasteiger partial charge in [-0.3, -0.25) is 9.59 Å². The second-order valence-electron chi connectivity index (χ2n) is 8.20. The van der Waals surface area contributed by atoms with Crippen molar-refractivity contribution in [1.29, 1.82) is 0 Å². The molecule has 1 atom stereocenters. The summed E-state index contributed by atoms with van der Waals surface area (Å²) < 4.78 is 63.5. The molecule has 3 N–H and O–H groups in total. The minimum atomic E-state index is -5.82. The average molecular weight is 467 g/mol. The van der Waals surface area contributed by atoms with Gasteiger partial charge in [0.2, 0.25) is 11.8 Å². The van der Waals surface area contributed by atoms with Crippen LogP contribution in [0.2, 0.25) is 0 Å². The fourth-order valence-corrected chi connectivity index (χ4v) is 3.35. The predicted molar refractivity (Wildman–Crippen MR) is 113 cm³/mol. The molecule has 0 unspecified atom stereocenters. The Bertz CT molecular complexity index is 1100. The van der Waals surface area contributed by atoms with E-state index in [4.69, 9.17) is 0 Å². The molecule has 3 rings (SSSR count). The summed E-state index contributed by atoms with van der Waals surface area (Å²) in [6.07, 6.45) is -5.82. The van der Waals surface area contributed by atoms with Gasteiger partial charge in [-0.1, -0.05) is 49.0 Å². The van der Waals surface area contributed by atoms with Gasteiger partial charge in [-0.25, -0.2) is 0 Å². The molecule has 2 aromatic carbocycles. The van der Waals surface area contributed by atoms with Crippen molar-refractivity contribution in [2.75, 3.05) is 11.9 Å². The van der Waals surface area contributed by atoms with E-state index in [9.17, 15) is 31.5 Å². The maximum Gasteiger partial charge on any atom is 0.455 e. The molecular weight excluding hydrogens is 445 g/mol. The number of halogens is 5. The number of hydrogen-bond donors (Lipinski definition) is 3. The number of carbonyl (C=O) groups excluding carboxylic acids is 2. The van der Waals surface area contributed by atoms with Gasteiger partial charge in [-0.15, -0.1) is 0 Å². The van der Waals surface area contributed by atoms with Crippen molar-refractivity contribution in [2.24, 2.45) is 5.41 Å². The molecule has 1 aliphatic heterocycles. The third-order valence-electron chi connectivity index (χ3n) is 5.43. The van der Waals surface area contributed by atoms with E-state index in [0.717, 1.165) is 30.7 Å². The van der Waals surface area contributed by atoms with E-state index < -0.39 is 41.9 Å². The molecule has 1 aliphatic rings. The zero-order valence-corrected chi connectivity index (χ0v) is 17.8. The van der Waals surface area contributed by atoms with Crippen molar-refractivity contribution >= 4 is 17.5 Å². The molecule has 0 fully saturated rings. The summed E-state index contributed by atoms with van der Waals surface area (Å²) >= 11 is 0. The number of nitrogens with one attached hydrogen (secondary N) is 3. The van der Waals surface area contributed by atoms with Gasteiger partial charge in [0.05, 0.1) is 12.6 Å². The van der Waals surface area contributed by atoms with Crippen LogP contribution < -0.4 is 16.0 Å².